The molecule has 0 atom stereocenters. The van der Waals surface area contributed by atoms with Gasteiger partial charge >= 0.3 is 12.1 Å². The molecule has 0 saturated carbocycles. The number of ether oxygens (including phenoxy) is 1. The Morgan fingerprint density at radius 2 is 1.21 bits per heavy atom. The van der Waals surface area contributed by atoms with Crippen LogP contribution in [0.25, 0.3) is 0 Å². The lowest BCUT2D eigenvalue weighted by Crippen LogP contribution is -2.22. The molecule has 2 aromatic rings. The number of carbonyl (C=O) groups is 2. The second-order valence-corrected chi connectivity index (χ2v) is 8.12. The summed E-state index contributed by atoms with van der Waals surface area (Å²) in [4.78, 5) is 23.2. The molecule has 184 valence electrons. The van der Waals surface area contributed by atoms with Crippen LogP contribution < -0.4 is 4.74 Å². The molecule has 0 amide bonds. The lowest BCUT2D eigenvalue weighted by molar-refractivity contribution is -0.134. The van der Waals surface area contributed by atoms with Crippen LogP contribution in [0.5, 0.6) is 5.75 Å². The van der Waals surface area contributed by atoms with Gasteiger partial charge in [-0.3, -0.25) is 9.59 Å². The highest BCUT2D eigenvalue weighted by Gasteiger charge is 2.39. The summed E-state index contributed by atoms with van der Waals surface area (Å²) in [5.41, 5.74) is 0.324. The first-order valence-electron chi connectivity index (χ1n) is 11.7. The molecular weight excluding hydrogens is 445 g/mol. The van der Waals surface area contributed by atoms with E-state index < -0.39 is 17.5 Å². The minimum atomic E-state index is -4.91. The molecule has 0 N–H and O–H groups in total. The molecule has 2 aromatic carbocycles. The van der Waals surface area contributed by atoms with Crippen LogP contribution in [0.4, 0.5) is 24.5 Å². The Morgan fingerprint density at radius 3 is 1.71 bits per heavy atom. The van der Waals surface area contributed by atoms with Gasteiger partial charge in [-0.2, -0.15) is 23.4 Å². The third-order valence-corrected chi connectivity index (χ3v) is 5.22. The van der Waals surface area contributed by atoms with Crippen LogP contribution in [0.1, 0.15) is 81.5 Å². The summed E-state index contributed by atoms with van der Waals surface area (Å²) in [6.07, 6.45) is 6.07. The number of Topliss-reactive ketones (excluding diaryl/α,β-unsaturated/α-hetero) is 1. The van der Waals surface area contributed by atoms with Crippen molar-refractivity contribution < 1.29 is 27.5 Å². The fourth-order valence-electron chi connectivity index (χ4n) is 3.30. The van der Waals surface area contributed by atoms with Gasteiger partial charge in [0.25, 0.3) is 5.78 Å². The number of benzene rings is 2. The molecule has 0 aromatic heterocycles. The summed E-state index contributed by atoms with van der Waals surface area (Å²) in [5, 5.41) is 7.94. The SMILES string of the molecule is CCCCCCCCCCCC(=O)Oc1ccc(N=Nc2ccc(C(=O)C(F)(F)F)cc2)cc1. The number of hydrogen-bond donors (Lipinski definition) is 0. The number of carbonyl (C=O) groups excluding carboxylic acids is 2. The summed E-state index contributed by atoms with van der Waals surface area (Å²) >= 11 is 0. The van der Waals surface area contributed by atoms with Gasteiger partial charge in [-0.1, -0.05) is 58.3 Å². The molecule has 0 unspecified atom stereocenters. The van der Waals surface area contributed by atoms with Gasteiger partial charge in [-0.05, 0) is 55.0 Å². The quantitative estimate of drug-likeness (QED) is 0.0900. The zero-order chi connectivity index (χ0) is 24.8. The van der Waals surface area contributed by atoms with E-state index in [9.17, 15) is 22.8 Å². The molecule has 5 nitrogen and oxygen atoms in total. The predicted octanol–water partition coefficient (Wildman–Crippen LogP) is 8.67. The van der Waals surface area contributed by atoms with E-state index in [4.69, 9.17) is 4.74 Å². The Hall–Kier alpha value is -3.03. The maximum absolute atomic E-state index is 12.4. The monoisotopic (exact) mass is 476 g/mol. The van der Waals surface area contributed by atoms with E-state index in [1.165, 1.54) is 50.7 Å². The molecule has 0 heterocycles. The standard InChI is InChI=1S/C26H31F3N2O3/c1-2-3-4-5-6-7-8-9-10-11-24(32)34-23-18-16-22(17-19-23)31-30-21-14-12-20(13-15-21)25(33)26(27,28)29/h12-19H,2-11H2,1H3. The molecular formula is C26H31F3N2O3. The Balaban J connectivity index is 1.71. The van der Waals surface area contributed by atoms with Gasteiger partial charge in [-0.15, -0.1) is 0 Å². The number of ketones is 1. The minimum absolute atomic E-state index is 0.272. The molecule has 0 fully saturated rings. The number of hydrogen-bond acceptors (Lipinski definition) is 5. The van der Waals surface area contributed by atoms with Crippen molar-refractivity contribution in [1.29, 1.82) is 0 Å². The second kappa shape index (κ2) is 14.3. The van der Waals surface area contributed by atoms with Crippen molar-refractivity contribution in [3.05, 3.63) is 54.1 Å². The third kappa shape index (κ3) is 10.3. The van der Waals surface area contributed by atoms with E-state index in [1.54, 1.807) is 24.3 Å². The van der Waals surface area contributed by atoms with E-state index >= 15 is 0 Å². The van der Waals surface area contributed by atoms with Crippen molar-refractivity contribution in [3.8, 4) is 5.75 Å². The van der Waals surface area contributed by atoms with Gasteiger partial charge in [0.2, 0.25) is 0 Å². The lowest BCUT2D eigenvalue weighted by Gasteiger charge is -2.05. The highest BCUT2D eigenvalue weighted by molar-refractivity contribution is 6.00. The fraction of sp³-hybridized carbons (Fsp3) is 0.462. The predicted molar refractivity (Wildman–Crippen MR) is 125 cm³/mol. The first-order chi connectivity index (χ1) is 16.3. The highest BCUT2D eigenvalue weighted by Crippen LogP contribution is 2.25. The van der Waals surface area contributed by atoms with Gasteiger partial charge in [-0.25, -0.2) is 0 Å². The zero-order valence-corrected chi connectivity index (χ0v) is 19.4. The second-order valence-electron chi connectivity index (χ2n) is 8.12. The number of rotatable bonds is 14. The van der Waals surface area contributed by atoms with Crippen LogP contribution in [0.2, 0.25) is 0 Å². The Morgan fingerprint density at radius 1 is 0.735 bits per heavy atom. The number of unbranched alkanes of at least 4 members (excludes halogenated alkanes) is 8. The largest absolute Gasteiger partial charge is 0.454 e. The van der Waals surface area contributed by atoms with Crippen LogP contribution in [0.3, 0.4) is 0 Å². The smallest absolute Gasteiger partial charge is 0.427 e. The maximum atomic E-state index is 12.4. The Labute approximate surface area is 198 Å². The summed E-state index contributed by atoms with van der Waals surface area (Å²) < 4.78 is 42.7. The van der Waals surface area contributed by atoms with Crippen molar-refractivity contribution in [3.63, 3.8) is 0 Å². The van der Waals surface area contributed by atoms with Crippen LogP contribution in [0.15, 0.2) is 58.8 Å². The third-order valence-electron chi connectivity index (χ3n) is 5.22. The molecule has 0 aliphatic carbocycles. The van der Waals surface area contributed by atoms with Crippen LogP contribution in [0, 0.1) is 0 Å². The highest BCUT2D eigenvalue weighted by atomic mass is 19.4. The van der Waals surface area contributed by atoms with Crippen molar-refractivity contribution in [2.24, 2.45) is 10.2 Å². The average molecular weight is 477 g/mol. The molecule has 0 bridgehead atoms. The van der Waals surface area contributed by atoms with Crippen LogP contribution in [-0.4, -0.2) is 17.9 Å². The van der Waals surface area contributed by atoms with E-state index in [2.05, 4.69) is 17.2 Å². The number of azo groups is 1. The topological polar surface area (TPSA) is 68.1 Å². The molecule has 0 spiro atoms. The Kier molecular flexibility index (Phi) is 11.4. The molecule has 34 heavy (non-hydrogen) atoms. The van der Waals surface area contributed by atoms with Crippen molar-refractivity contribution >= 4 is 23.1 Å². The zero-order valence-electron chi connectivity index (χ0n) is 19.4. The summed E-state index contributed by atoms with van der Waals surface area (Å²) in [7, 11) is 0. The normalized spacial score (nSPS) is 11.6. The molecule has 0 aliphatic heterocycles. The van der Waals surface area contributed by atoms with Gasteiger partial charge in [0, 0.05) is 12.0 Å². The van der Waals surface area contributed by atoms with Crippen LogP contribution >= 0.6 is 0 Å². The summed E-state index contributed by atoms with van der Waals surface area (Å²) in [6, 6.07) is 11.1. The molecule has 8 heteroatoms. The van der Waals surface area contributed by atoms with Crippen molar-refractivity contribution in [2.75, 3.05) is 0 Å². The number of nitrogens with zero attached hydrogens (tertiary/aromatic N) is 2. The Bertz CT molecular complexity index is 924. The fourth-order valence-corrected chi connectivity index (χ4v) is 3.30. The van der Waals surface area contributed by atoms with Crippen molar-refractivity contribution in [2.45, 2.75) is 77.3 Å². The van der Waals surface area contributed by atoms with E-state index in [-0.39, 0.29) is 5.97 Å². The number of esters is 1. The summed E-state index contributed by atoms with van der Waals surface area (Å²) in [6.45, 7) is 2.21. The van der Waals surface area contributed by atoms with Gasteiger partial charge in [0.1, 0.15) is 5.75 Å². The van der Waals surface area contributed by atoms with E-state index in [1.807, 2.05) is 0 Å². The van der Waals surface area contributed by atoms with Gasteiger partial charge < -0.3 is 4.74 Å². The molecule has 0 radical (unpaired) electrons. The molecule has 0 saturated heterocycles. The number of alkyl halides is 3. The maximum Gasteiger partial charge on any atom is 0.454 e. The lowest BCUT2D eigenvalue weighted by atomic mass is 10.1. The van der Waals surface area contributed by atoms with Crippen LogP contribution in [-0.2, 0) is 4.79 Å². The molecule has 0 aliphatic rings. The van der Waals surface area contributed by atoms with E-state index in [0.717, 1.165) is 31.4 Å². The summed E-state index contributed by atoms with van der Waals surface area (Å²) in [5.74, 6) is -1.76. The first kappa shape index (κ1) is 27.2. The molecule has 2 rings (SSSR count). The minimum Gasteiger partial charge on any atom is -0.427 e. The van der Waals surface area contributed by atoms with Gasteiger partial charge in [0.15, 0.2) is 0 Å². The first-order valence-corrected chi connectivity index (χ1v) is 11.7. The average Bonchev–Trinajstić information content (AvgIpc) is 2.82. The number of halogens is 3. The van der Waals surface area contributed by atoms with Gasteiger partial charge in [0.05, 0.1) is 11.4 Å². The van der Waals surface area contributed by atoms with Crippen molar-refractivity contribution in [1.82, 2.24) is 0 Å². The van der Waals surface area contributed by atoms with E-state index in [0.29, 0.717) is 23.5 Å².